The Morgan fingerprint density at radius 2 is 2.14 bits per heavy atom. The average molecular weight is 294 g/mol. The van der Waals surface area contributed by atoms with E-state index in [0.29, 0.717) is 30.1 Å². The highest BCUT2D eigenvalue weighted by molar-refractivity contribution is 5.94. The standard InChI is InChI=1S/C16H14N4O2/c17-10-12-1-7-19-15(9-12)22-14-4-8-20(11-14)16(21)13-2-5-18-6-3-13/h1-3,5-7,9,14H,4,8,11H2. The van der Waals surface area contributed by atoms with Crippen LogP contribution < -0.4 is 4.74 Å². The predicted molar refractivity (Wildman–Crippen MR) is 78.1 cm³/mol. The molecule has 0 bridgehead atoms. The van der Waals surface area contributed by atoms with Crippen molar-refractivity contribution in [1.29, 1.82) is 5.26 Å². The third-order valence-electron chi connectivity index (χ3n) is 3.51. The van der Waals surface area contributed by atoms with Gasteiger partial charge in [-0.25, -0.2) is 4.98 Å². The van der Waals surface area contributed by atoms with Gasteiger partial charge in [0.05, 0.1) is 18.2 Å². The normalized spacial score (nSPS) is 17.0. The SMILES string of the molecule is N#Cc1ccnc(OC2CCN(C(=O)c3ccncc3)C2)c1. The number of nitriles is 1. The second-order valence-corrected chi connectivity index (χ2v) is 5.01. The highest BCUT2D eigenvalue weighted by atomic mass is 16.5. The van der Waals surface area contributed by atoms with Crippen LogP contribution in [0.15, 0.2) is 42.9 Å². The summed E-state index contributed by atoms with van der Waals surface area (Å²) in [7, 11) is 0. The molecule has 110 valence electrons. The molecule has 1 unspecified atom stereocenters. The van der Waals surface area contributed by atoms with Gasteiger partial charge in [-0.05, 0) is 18.2 Å². The zero-order chi connectivity index (χ0) is 15.4. The van der Waals surface area contributed by atoms with Crippen molar-refractivity contribution >= 4 is 5.91 Å². The Morgan fingerprint density at radius 3 is 2.91 bits per heavy atom. The summed E-state index contributed by atoms with van der Waals surface area (Å²) >= 11 is 0. The minimum atomic E-state index is -0.104. The minimum absolute atomic E-state index is 0.0211. The second-order valence-electron chi connectivity index (χ2n) is 5.01. The zero-order valence-corrected chi connectivity index (χ0v) is 11.8. The molecule has 3 heterocycles. The number of carbonyl (C=O) groups excluding carboxylic acids is 1. The first-order valence-electron chi connectivity index (χ1n) is 6.98. The van der Waals surface area contributed by atoms with Crippen molar-refractivity contribution in [3.8, 4) is 11.9 Å². The number of amides is 1. The van der Waals surface area contributed by atoms with Gasteiger partial charge in [-0.2, -0.15) is 5.26 Å². The maximum absolute atomic E-state index is 12.3. The van der Waals surface area contributed by atoms with Gasteiger partial charge in [0.2, 0.25) is 5.88 Å². The first-order chi connectivity index (χ1) is 10.8. The van der Waals surface area contributed by atoms with Crippen LogP contribution in [-0.2, 0) is 0 Å². The van der Waals surface area contributed by atoms with Crippen molar-refractivity contribution in [3.63, 3.8) is 0 Å². The highest BCUT2D eigenvalue weighted by Crippen LogP contribution is 2.19. The maximum atomic E-state index is 12.3. The summed E-state index contributed by atoms with van der Waals surface area (Å²) in [6, 6.07) is 8.69. The number of pyridine rings is 2. The van der Waals surface area contributed by atoms with E-state index in [4.69, 9.17) is 10.00 Å². The third-order valence-corrected chi connectivity index (χ3v) is 3.51. The minimum Gasteiger partial charge on any atom is -0.472 e. The van der Waals surface area contributed by atoms with Gasteiger partial charge < -0.3 is 9.64 Å². The van der Waals surface area contributed by atoms with Crippen LogP contribution in [0.2, 0.25) is 0 Å². The number of nitrogens with zero attached hydrogens (tertiary/aromatic N) is 4. The number of aromatic nitrogens is 2. The van der Waals surface area contributed by atoms with Crippen LogP contribution in [-0.4, -0.2) is 40.0 Å². The van der Waals surface area contributed by atoms with Crippen LogP contribution in [0.5, 0.6) is 5.88 Å². The van der Waals surface area contributed by atoms with Crippen LogP contribution in [0.25, 0.3) is 0 Å². The van der Waals surface area contributed by atoms with Crippen LogP contribution >= 0.6 is 0 Å². The smallest absolute Gasteiger partial charge is 0.254 e. The molecule has 2 aromatic heterocycles. The van der Waals surface area contributed by atoms with Gasteiger partial charge in [-0.15, -0.1) is 0 Å². The lowest BCUT2D eigenvalue weighted by atomic mass is 10.2. The summed E-state index contributed by atoms with van der Waals surface area (Å²) in [5.74, 6) is 0.398. The molecule has 0 aliphatic carbocycles. The van der Waals surface area contributed by atoms with Gasteiger partial charge in [0.25, 0.3) is 5.91 Å². The molecule has 1 aliphatic rings. The molecule has 2 aromatic rings. The van der Waals surface area contributed by atoms with E-state index in [9.17, 15) is 4.79 Å². The quantitative estimate of drug-likeness (QED) is 0.860. The molecule has 3 rings (SSSR count). The zero-order valence-electron chi connectivity index (χ0n) is 11.8. The molecular formula is C16H14N4O2. The molecule has 0 aromatic carbocycles. The first kappa shape index (κ1) is 14.0. The van der Waals surface area contributed by atoms with Gasteiger partial charge >= 0.3 is 0 Å². The summed E-state index contributed by atoms with van der Waals surface area (Å²) in [6.45, 7) is 1.16. The van der Waals surface area contributed by atoms with Gasteiger partial charge in [0, 0.05) is 43.2 Å². The number of ether oxygens (including phenoxy) is 1. The third kappa shape index (κ3) is 3.04. The number of rotatable bonds is 3. The maximum Gasteiger partial charge on any atom is 0.254 e. The lowest BCUT2D eigenvalue weighted by Gasteiger charge is -2.17. The fourth-order valence-corrected chi connectivity index (χ4v) is 2.40. The van der Waals surface area contributed by atoms with Gasteiger partial charge in [0.15, 0.2) is 0 Å². The molecule has 0 saturated carbocycles. The van der Waals surface area contributed by atoms with E-state index in [1.807, 2.05) is 0 Å². The second kappa shape index (κ2) is 6.22. The Kier molecular flexibility index (Phi) is 3.97. The Morgan fingerprint density at radius 1 is 1.32 bits per heavy atom. The lowest BCUT2D eigenvalue weighted by molar-refractivity contribution is 0.0771. The van der Waals surface area contributed by atoms with Crippen molar-refractivity contribution in [1.82, 2.24) is 14.9 Å². The van der Waals surface area contributed by atoms with E-state index < -0.39 is 0 Å². The predicted octanol–water partition coefficient (Wildman–Crippen LogP) is 1.64. The molecule has 1 fully saturated rings. The van der Waals surface area contributed by atoms with Crippen LogP contribution in [0.3, 0.4) is 0 Å². The summed E-state index contributed by atoms with van der Waals surface area (Å²) in [5.41, 5.74) is 1.13. The number of hydrogen-bond acceptors (Lipinski definition) is 5. The van der Waals surface area contributed by atoms with E-state index >= 15 is 0 Å². The number of carbonyl (C=O) groups is 1. The lowest BCUT2D eigenvalue weighted by Crippen LogP contribution is -2.31. The number of likely N-dealkylation sites (tertiary alicyclic amines) is 1. The Labute approximate surface area is 128 Å². The summed E-state index contributed by atoms with van der Waals surface area (Å²) < 4.78 is 5.77. The van der Waals surface area contributed by atoms with E-state index in [1.54, 1.807) is 47.8 Å². The van der Waals surface area contributed by atoms with Gasteiger partial charge in [0.1, 0.15) is 6.10 Å². The Hall–Kier alpha value is -2.94. The molecular weight excluding hydrogens is 280 g/mol. The van der Waals surface area contributed by atoms with Crippen molar-refractivity contribution < 1.29 is 9.53 Å². The summed E-state index contributed by atoms with van der Waals surface area (Å²) in [4.78, 5) is 22.1. The number of hydrogen-bond donors (Lipinski definition) is 0. The average Bonchev–Trinajstić information content (AvgIpc) is 3.03. The van der Waals surface area contributed by atoms with Gasteiger partial charge in [-0.3, -0.25) is 9.78 Å². The van der Waals surface area contributed by atoms with E-state index in [1.165, 1.54) is 0 Å². The fraction of sp³-hybridized carbons (Fsp3) is 0.250. The van der Waals surface area contributed by atoms with E-state index in [2.05, 4.69) is 16.0 Å². The molecule has 0 spiro atoms. The molecule has 22 heavy (non-hydrogen) atoms. The molecule has 1 amide bonds. The summed E-state index contributed by atoms with van der Waals surface area (Å²) in [5, 5.41) is 8.87. The highest BCUT2D eigenvalue weighted by Gasteiger charge is 2.28. The molecule has 1 saturated heterocycles. The fourth-order valence-electron chi connectivity index (χ4n) is 2.40. The van der Waals surface area contributed by atoms with E-state index in [-0.39, 0.29) is 12.0 Å². The monoisotopic (exact) mass is 294 g/mol. The van der Waals surface area contributed by atoms with Crippen LogP contribution in [0.4, 0.5) is 0 Å². The molecule has 6 heteroatoms. The van der Waals surface area contributed by atoms with Crippen molar-refractivity contribution in [2.75, 3.05) is 13.1 Å². The van der Waals surface area contributed by atoms with Crippen LogP contribution in [0, 0.1) is 11.3 Å². The van der Waals surface area contributed by atoms with Crippen molar-refractivity contribution in [3.05, 3.63) is 54.0 Å². The first-order valence-corrected chi connectivity index (χ1v) is 6.98. The Balaban J connectivity index is 1.63. The van der Waals surface area contributed by atoms with Crippen molar-refractivity contribution in [2.24, 2.45) is 0 Å². The molecule has 1 atom stereocenters. The topological polar surface area (TPSA) is 79.1 Å². The Bertz CT molecular complexity index is 712. The van der Waals surface area contributed by atoms with Crippen molar-refractivity contribution in [2.45, 2.75) is 12.5 Å². The molecule has 0 N–H and O–H groups in total. The molecule has 0 radical (unpaired) electrons. The van der Waals surface area contributed by atoms with Gasteiger partial charge in [-0.1, -0.05) is 0 Å². The van der Waals surface area contributed by atoms with Crippen LogP contribution in [0.1, 0.15) is 22.3 Å². The van der Waals surface area contributed by atoms with E-state index in [0.717, 1.165) is 6.42 Å². The largest absolute Gasteiger partial charge is 0.472 e. The molecule has 1 aliphatic heterocycles. The summed E-state index contributed by atoms with van der Waals surface area (Å²) in [6.07, 6.45) is 5.40. The molecule has 6 nitrogen and oxygen atoms in total.